The average Bonchev–Trinajstić information content (AvgIpc) is 3.26. The lowest BCUT2D eigenvalue weighted by molar-refractivity contribution is -0.0156. The molecular weight excluding hydrogens is 344 g/mol. The first kappa shape index (κ1) is 16.7. The summed E-state index contributed by atoms with van der Waals surface area (Å²) < 4.78 is 37.1. The third-order valence-corrected chi connectivity index (χ3v) is 7.05. The van der Waals surface area contributed by atoms with E-state index in [0.29, 0.717) is 24.8 Å². The van der Waals surface area contributed by atoms with Gasteiger partial charge in [0.25, 0.3) is 0 Å². The van der Waals surface area contributed by atoms with Gasteiger partial charge in [0, 0.05) is 31.6 Å². The van der Waals surface area contributed by atoms with Crippen LogP contribution in [-0.4, -0.2) is 59.7 Å². The first-order chi connectivity index (χ1) is 11.9. The number of likely N-dealkylation sites (tertiary alicyclic amines) is 1. The molecule has 0 bridgehead atoms. The van der Waals surface area contributed by atoms with E-state index in [4.69, 9.17) is 8.94 Å². The number of hydrogen-bond donors (Lipinski definition) is 0. The molecule has 1 spiro atoms. The Morgan fingerprint density at radius 3 is 2.76 bits per heavy atom. The first-order valence-corrected chi connectivity index (χ1v) is 10.1. The van der Waals surface area contributed by atoms with Crippen molar-refractivity contribution in [2.45, 2.75) is 26.3 Å². The predicted molar refractivity (Wildman–Crippen MR) is 89.2 cm³/mol. The van der Waals surface area contributed by atoms with E-state index in [1.54, 1.807) is 24.4 Å². The van der Waals surface area contributed by atoms with Gasteiger partial charge >= 0.3 is 0 Å². The van der Waals surface area contributed by atoms with Crippen LogP contribution in [0.5, 0.6) is 0 Å². The van der Waals surface area contributed by atoms with E-state index in [9.17, 15) is 8.42 Å². The van der Waals surface area contributed by atoms with Crippen molar-refractivity contribution in [2.24, 2.45) is 5.41 Å². The fourth-order valence-electron chi connectivity index (χ4n) is 4.01. The molecule has 0 aliphatic carbocycles. The fourth-order valence-corrected chi connectivity index (χ4v) is 5.21. The van der Waals surface area contributed by atoms with E-state index >= 15 is 0 Å². The molecule has 2 fully saturated rings. The second-order valence-electron chi connectivity index (χ2n) is 7.01. The molecule has 0 amide bonds. The van der Waals surface area contributed by atoms with Crippen LogP contribution in [-0.2, 0) is 16.6 Å². The molecule has 0 saturated carbocycles. The van der Waals surface area contributed by atoms with Crippen molar-refractivity contribution >= 4 is 10.0 Å². The number of rotatable bonds is 5. The number of furan rings is 1. The highest BCUT2D eigenvalue weighted by Crippen LogP contribution is 2.49. The zero-order chi connectivity index (χ0) is 17.7. The van der Waals surface area contributed by atoms with Gasteiger partial charge in [-0.05, 0) is 26.0 Å². The quantitative estimate of drug-likeness (QED) is 0.785. The van der Waals surface area contributed by atoms with Crippen molar-refractivity contribution in [1.82, 2.24) is 19.3 Å². The van der Waals surface area contributed by atoms with Gasteiger partial charge in [-0.25, -0.2) is 12.7 Å². The zero-order valence-corrected chi connectivity index (χ0v) is 15.2. The minimum Gasteiger partial charge on any atom is -0.468 e. The van der Waals surface area contributed by atoms with E-state index in [2.05, 4.69) is 15.0 Å². The highest BCUT2D eigenvalue weighted by Gasteiger charge is 2.58. The summed E-state index contributed by atoms with van der Waals surface area (Å²) in [7, 11) is -3.24. The number of hydrogen-bond acceptors (Lipinski definition) is 7. The smallest absolute Gasteiger partial charge is 0.231 e. The summed E-state index contributed by atoms with van der Waals surface area (Å²) in [5, 5.41) is 3.89. The summed E-state index contributed by atoms with van der Waals surface area (Å²) >= 11 is 0. The second kappa shape index (κ2) is 5.93. The molecule has 0 radical (unpaired) electrons. The molecule has 0 aromatic carbocycles. The van der Waals surface area contributed by atoms with Crippen LogP contribution in [0.4, 0.5) is 0 Å². The highest BCUT2D eigenvalue weighted by atomic mass is 32.2. The standard InChI is InChI=1S/C16H22N4O4S/c1-3-25(21,22)20-8-14(15-17-12(2)18-24-15)16(11-20)9-19(10-16)7-13-5-4-6-23-13/h4-6,14H,3,7-11H2,1-2H3. The SMILES string of the molecule is CCS(=O)(=O)N1CC(c2nc(C)no2)C2(CN(Cc3ccco3)C2)C1. The Bertz CT molecular complexity index is 839. The molecule has 8 nitrogen and oxygen atoms in total. The lowest BCUT2D eigenvalue weighted by Crippen LogP contribution is -2.59. The molecule has 136 valence electrons. The van der Waals surface area contributed by atoms with Gasteiger partial charge in [0.15, 0.2) is 5.82 Å². The van der Waals surface area contributed by atoms with Gasteiger partial charge in [-0.15, -0.1) is 0 Å². The highest BCUT2D eigenvalue weighted by molar-refractivity contribution is 7.89. The Balaban J connectivity index is 1.56. The third-order valence-electron chi connectivity index (χ3n) is 5.25. The van der Waals surface area contributed by atoms with E-state index in [1.165, 1.54) is 0 Å². The van der Waals surface area contributed by atoms with Crippen molar-refractivity contribution < 1.29 is 17.4 Å². The molecule has 4 rings (SSSR count). The van der Waals surface area contributed by atoms with Gasteiger partial charge in [0.2, 0.25) is 15.9 Å². The van der Waals surface area contributed by atoms with Crippen LogP contribution in [0.3, 0.4) is 0 Å². The maximum Gasteiger partial charge on any atom is 0.231 e. The summed E-state index contributed by atoms with van der Waals surface area (Å²) in [6.07, 6.45) is 1.67. The maximum absolute atomic E-state index is 12.4. The molecule has 2 aliphatic rings. The second-order valence-corrected chi connectivity index (χ2v) is 9.27. The van der Waals surface area contributed by atoms with Crippen molar-refractivity contribution in [1.29, 1.82) is 0 Å². The van der Waals surface area contributed by atoms with E-state index in [1.807, 2.05) is 12.1 Å². The Labute approximate surface area is 146 Å². The van der Waals surface area contributed by atoms with Crippen LogP contribution in [0.2, 0.25) is 0 Å². The largest absolute Gasteiger partial charge is 0.468 e. The Morgan fingerprint density at radius 1 is 1.36 bits per heavy atom. The normalized spacial score (nSPS) is 24.0. The Kier molecular flexibility index (Phi) is 3.97. The molecule has 4 heterocycles. The van der Waals surface area contributed by atoms with Gasteiger partial charge in [-0.3, -0.25) is 4.90 Å². The topological polar surface area (TPSA) is 92.7 Å². The molecule has 1 unspecified atom stereocenters. The van der Waals surface area contributed by atoms with Gasteiger partial charge < -0.3 is 8.94 Å². The van der Waals surface area contributed by atoms with Gasteiger partial charge in [0.05, 0.1) is 24.5 Å². The van der Waals surface area contributed by atoms with Crippen LogP contribution in [0, 0.1) is 12.3 Å². The first-order valence-electron chi connectivity index (χ1n) is 8.45. The number of sulfonamides is 1. The number of aromatic nitrogens is 2. The molecule has 25 heavy (non-hydrogen) atoms. The van der Waals surface area contributed by atoms with Gasteiger partial charge in [-0.2, -0.15) is 4.98 Å². The summed E-state index contributed by atoms with van der Waals surface area (Å²) in [5.41, 5.74) is -0.173. The Morgan fingerprint density at radius 2 is 2.16 bits per heavy atom. The average molecular weight is 366 g/mol. The third kappa shape index (κ3) is 2.90. The van der Waals surface area contributed by atoms with Gasteiger partial charge in [0.1, 0.15) is 5.76 Å². The lowest BCUT2D eigenvalue weighted by Gasteiger charge is -2.50. The number of nitrogens with zero attached hydrogens (tertiary/aromatic N) is 4. The Hall–Kier alpha value is -1.71. The van der Waals surface area contributed by atoms with E-state index in [-0.39, 0.29) is 17.1 Å². The van der Waals surface area contributed by atoms with Crippen LogP contribution in [0.15, 0.2) is 27.3 Å². The van der Waals surface area contributed by atoms with Crippen LogP contribution in [0.25, 0.3) is 0 Å². The lowest BCUT2D eigenvalue weighted by atomic mass is 9.71. The van der Waals surface area contributed by atoms with Crippen molar-refractivity contribution in [2.75, 3.05) is 31.9 Å². The zero-order valence-electron chi connectivity index (χ0n) is 14.4. The summed E-state index contributed by atoms with van der Waals surface area (Å²) in [6, 6.07) is 3.83. The maximum atomic E-state index is 12.4. The molecule has 2 aromatic heterocycles. The van der Waals surface area contributed by atoms with Crippen LogP contribution < -0.4 is 0 Å². The molecule has 2 aromatic rings. The molecule has 9 heteroatoms. The summed E-state index contributed by atoms with van der Waals surface area (Å²) in [4.78, 5) is 6.64. The van der Waals surface area contributed by atoms with Gasteiger partial charge in [-0.1, -0.05) is 5.16 Å². The molecule has 2 saturated heterocycles. The van der Waals surface area contributed by atoms with E-state index in [0.717, 1.165) is 25.4 Å². The summed E-state index contributed by atoms with van der Waals surface area (Å²) in [6.45, 7) is 6.67. The minimum atomic E-state index is -3.24. The minimum absolute atomic E-state index is 0.0668. The number of aryl methyl sites for hydroxylation is 1. The summed E-state index contributed by atoms with van der Waals surface area (Å²) in [5.74, 6) is 2.08. The monoisotopic (exact) mass is 366 g/mol. The molecule has 1 atom stereocenters. The fraction of sp³-hybridized carbons (Fsp3) is 0.625. The molecular formula is C16H22N4O4S. The van der Waals surface area contributed by atoms with Crippen LogP contribution >= 0.6 is 0 Å². The van der Waals surface area contributed by atoms with Crippen molar-refractivity contribution in [3.8, 4) is 0 Å². The predicted octanol–water partition coefficient (Wildman–Crippen LogP) is 1.22. The van der Waals surface area contributed by atoms with Crippen molar-refractivity contribution in [3.05, 3.63) is 35.9 Å². The van der Waals surface area contributed by atoms with Crippen LogP contribution in [0.1, 0.15) is 30.3 Å². The molecule has 2 aliphatic heterocycles. The van der Waals surface area contributed by atoms with E-state index < -0.39 is 10.0 Å². The van der Waals surface area contributed by atoms with Crippen molar-refractivity contribution in [3.63, 3.8) is 0 Å². The molecule has 0 N–H and O–H groups in total.